The maximum absolute atomic E-state index is 6.02. The number of halogens is 1. The summed E-state index contributed by atoms with van der Waals surface area (Å²) < 4.78 is 5.46. The molecule has 3 nitrogen and oxygen atoms in total. The molecule has 0 aliphatic heterocycles. The topological polar surface area (TPSA) is 25.4 Å². The molecule has 2 rings (SSSR count). The van der Waals surface area contributed by atoms with Gasteiger partial charge >= 0.3 is 0 Å². The summed E-state index contributed by atoms with van der Waals surface area (Å²) in [4.78, 5) is 6.96. The van der Waals surface area contributed by atoms with E-state index in [4.69, 9.17) is 16.3 Å². The lowest BCUT2D eigenvalue weighted by Crippen LogP contribution is -2.36. The van der Waals surface area contributed by atoms with Crippen LogP contribution in [0.1, 0.15) is 26.7 Å². The van der Waals surface area contributed by atoms with Gasteiger partial charge in [-0.1, -0.05) is 26.0 Å². The van der Waals surface area contributed by atoms with E-state index in [9.17, 15) is 0 Å². The first-order valence-corrected chi connectivity index (χ1v) is 8.04. The van der Waals surface area contributed by atoms with Gasteiger partial charge in [0.1, 0.15) is 11.6 Å². The number of anilines is 1. The second-order valence-corrected chi connectivity index (χ2v) is 5.42. The van der Waals surface area contributed by atoms with Crippen LogP contribution in [0, 0.1) is 0 Å². The van der Waals surface area contributed by atoms with Gasteiger partial charge in [-0.3, -0.25) is 0 Å². The Morgan fingerprint density at radius 1 is 1.19 bits per heavy atom. The maximum Gasteiger partial charge on any atom is 0.136 e. The Kier molecular flexibility index (Phi) is 5.68. The highest BCUT2D eigenvalue weighted by Crippen LogP contribution is 2.32. The highest BCUT2D eigenvalue weighted by Gasteiger charge is 2.19. The van der Waals surface area contributed by atoms with Crippen LogP contribution in [0.25, 0.3) is 10.8 Å². The molecule has 1 aromatic carbocycles. The number of pyridine rings is 1. The van der Waals surface area contributed by atoms with Crippen molar-refractivity contribution in [2.75, 3.05) is 24.4 Å². The van der Waals surface area contributed by atoms with Gasteiger partial charge in [0.15, 0.2) is 0 Å². The fraction of sp³-hybridized carbons (Fsp3) is 0.471. The van der Waals surface area contributed by atoms with Crippen molar-refractivity contribution in [3.8, 4) is 5.75 Å². The van der Waals surface area contributed by atoms with Gasteiger partial charge in [-0.25, -0.2) is 4.98 Å². The number of ether oxygens (including phenoxy) is 1. The van der Waals surface area contributed by atoms with Crippen LogP contribution in [0.3, 0.4) is 0 Å². The normalized spacial score (nSPS) is 11.1. The second kappa shape index (κ2) is 7.51. The predicted octanol–water partition coefficient (Wildman–Crippen LogP) is 4.48. The Morgan fingerprint density at radius 3 is 2.57 bits per heavy atom. The summed E-state index contributed by atoms with van der Waals surface area (Å²) in [5.41, 5.74) is 0. The van der Waals surface area contributed by atoms with Crippen LogP contribution in [0.4, 0.5) is 5.82 Å². The van der Waals surface area contributed by atoms with E-state index in [0.29, 0.717) is 11.9 Å². The quantitative estimate of drug-likeness (QED) is 0.705. The average Bonchev–Trinajstić information content (AvgIpc) is 2.54. The molecular weight excluding hydrogens is 284 g/mol. The van der Waals surface area contributed by atoms with Crippen LogP contribution in [0.15, 0.2) is 30.5 Å². The first kappa shape index (κ1) is 15.9. The zero-order valence-electron chi connectivity index (χ0n) is 13.0. The molecule has 0 saturated heterocycles. The summed E-state index contributed by atoms with van der Waals surface area (Å²) in [5, 5.41) is 2.21. The highest BCUT2D eigenvalue weighted by molar-refractivity contribution is 6.18. The molecule has 114 valence electrons. The third-order valence-corrected chi connectivity index (χ3v) is 4.11. The molecule has 0 atom stereocenters. The summed E-state index contributed by atoms with van der Waals surface area (Å²) >= 11 is 6.02. The van der Waals surface area contributed by atoms with Crippen LogP contribution in [0.2, 0.25) is 0 Å². The SMILES string of the molecule is CCC(CC)N(CCCl)c1nccc2c(OC)cccc12. The van der Waals surface area contributed by atoms with E-state index in [1.165, 1.54) is 0 Å². The largest absolute Gasteiger partial charge is 0.496 e. The molecule has 4 heteroatoms. The number of methoxy groups -OCH3 is 1. The van der Waals surface area contributed by atoms with E-state index in [1.54, 1.807) is 7.11 Å². The van der Waals surface area contributed by atoms with E-state index in [1.807, 2.05) is 24.4 Å². The number of nitrogens with zero attached hydrogens (tertiary/aromatic N) is 2. The predicted molar refractivity (Wildman–Crippen MR) is 90.7 cm³/mol. The van der Waals surface area contributed by atoms with E-state index < -0.39 is 0 Å². The fourth-order valence-corrected chi connectivity index (χ4v) is 3.03. The number of rotatable bonds is 7. The van der Waals surface area contributed by atoms with Crippen molar-refractivity contribution in [3.05, 3.63) is 30.5 Å². The minimum absolute atomic E-state index is 0.452. The standard InChI is InChI=1S/C17H23ClN2O/c1-4-13(5-2)20(12-10-18)17-15-7-6-8-16(21-3)14(15)9-11-19-17/h6-9,11,13H,4-5,10,12H2,1-3H3. The van der Waals surface area contributed by atoms with Crippen molar-refractivity contribution in [1.82, 2.24) is 4.98 Å². The summed E-state index contributed by atoms with van der Waals surface area (Å²) in [6, 6.07) is 8.55. The van der Waals surface area contributed by atoms with Gasteiger partial charge in [0, 0.05) is 35.4 Å². The van der Waals surface area contributed by atoms with Gasteiger partial charge in [0.25, 0.3) is 0 Å². The molecule has 0 N–H and O–H groups in total. The molecular formula is C17H23ClN2O. The molecule has 0 spiro atoms. The van der Waals surface area contributed by atoms with Gasteiger partial charge in [-0.05, 0) is 25.0 Å². The number of benzene rings is 1. The molecule has 0 aliphatic rings. The molecule has 1 heterocycles. The Morgan fingerprint density at radius 2 is 1.95 bits per heavy atom. The fourth-order valence-electron chi connectivity index (χ4n) is 2.85. The van der Waals surface area contributed by atoms with Crippen molar-refractivity contribution in [2.45, 2.75) is 32.7 Å². The molecule has 21 heavy (non-hydrogen) atoms. The molecule has 0 unspecified atom stereocenters. The zero-order chi connectivity index (χ0) is 15.2. The first-order chi connectivity index (χ1) is 10.3. The number of hydrogen-bond donors (Lipinski definition) is 0. The van der Waals surface area contributed by atoms with Gasteiger partial charge < -0.3 is 9.64 Å². The number of fused-ring (bicyclic) bond motifs is 1. The molecule has 0 fully saturated rings. The van der Waals surface area contributed by atoms with E-state index >= 15 is 0 Å². The summed E-state index contributed by atoms with van der Waals surface area (Å²) in [7, 11) is 1.70. The zero-order valence-corrected chi connectivity index (χ0v) is 13.7. The third kappa shape index (κ3) is 3.24. The number of hydrogen-bond acceptors (Lipinski definition) is 3. The average molecular weight is 307 g/mol. The van der Waals surface area contributed by atoms with E-state index in [-0.39, 0.29) is 0 Å². The van der Waals surface area contributed by atoms with Crippen LogP contribution in [0.5, 0.6) is 5.75 Å². The Balaban J connectivity index is 2.57. The monoisotopic (exact) mass is 306 g/mol. The van der Waals surface area contributed by atoms with Crippen LogP contribution < -0.4 is 9.64 Å². The van der Waals surface area contributed by atoms with Crippen molar-refractivity contribution in [3.63, 3.8) is 0 Å². The minimum Gasteiger partial charge on any atom is -0.496 e. The molecule has 0 aliphatic carbocycles. The molecule has 0 amide bonds. The molecule has 2 aromatic rings. The van der Waals surface area contributed by atoms with Crippen molar-refractivity contribution in [2.24, 2.45) is 0 Å². The second-order valence-electron chi connectivity index (χ2n) is 5.04. The Bertz CT molecular complexity index is 584. The van der Waals surface area contributed by atoms with Gasteiger partial charge in [-0.15, -0.1) is 11.6 Å². The van der Waals surface area contributed by atoms with Crippen LogP contribution >= 0.6 is 11.6 Å². The maximum atomic E-state index is 6.02. The molecule has 1 aromatic heterocycles. The Labute approximate surface area is 131 Å². The lowest BCUT2D eigenvalue weighted by atomic mass is 10.1. The van der Waals surface area contributed by atoms with Gasteiger partial charge in [0.05, 0.1) is 7.11 Å². The summed E-state index contributed by atoms with van der Waals surface area (Å²) in [5.74, 6) is 2.48. The van der Waals surface area contributed by atoms with Gasteiger partial charge in [-0.2, -0.15) is 0 Å². The van der Waals surface area contributed by atoms with E-state index in [0.717, 1.165) is 41.7 Å². The highest BCUT2D eigenvalue weighted by atomic mass is 35.5. The van der Waals surface area contributed by atoms with Crippen LogP contribution in [-0.4, -0.2) is 30.6 Å². The lowest BCUT2D eigenvalue weighted by Gasteiger charge is -2.32. The Hall–Kier alpha value is -1.48. The number of alkyl halides is 1. The van der Waals surface area contributed by atoms with Crippen molar-refractivity contribution in [1.29, 1.82) is 0 Å². The summed E-state index contributed by atoms with van der Waals surface area (Å²) in [6.07, 6.45) is 4.01. The molecule has 0 radical (unpaired) electrons. The van der Waals surface area contributed by atoms with Crippen molar-refractivity contribution < 1.29 is 4.74 Å². The minimum atomic E-state index is 0.452. The molecule has 0 bridgehead atoms. The third-order valence-electron chi connectivity index (χ3n) is 3.95. The summed E-state index contributed by atoms with van der Waals surface area (Å²) in [6.45, 7) is 5.22. The van der Waals surface area contributed by atoms with Crippen LogP contribution in [-0.2, 0) is 0 Å². The van der Waals surface area contributed by atoms with Crippen molar-refractivity contribution >= 4 is 28.2 Å². The van der Waals surface area contributed by atoms with E-state index in [2.05, 4.69) is 29.8 Å². The molecule has 0 saturated carbocycles. The van der Waals surface area contributed by atoms with Gasteiger partial charge in [0.2, 0.25) is 0 Å². The first-order valence-electron chi connectivity index (χ1n) is 7.51. The smallest absolute Gasteiger partial charge is 0.136 e. The number of aromatic nitrogens is 1. The lowest BCUT2D eigenvalue weighted by molar-refractivity contribution is 0.420.